The Morgan fingerprint density at radius 3 is 2.32 bits per heavy atom. The zero-order valence-electron chi connectivity index (χ0n) is 16.4. The van der Waals surface area contributed by atoms with Crippen molar-refractivity contribution in [3.05, 3.63) is 35.7 Å². The number of methoxy groups -OCH3 is 1. The van der Waals surface area contributed by atoms with Crippen molar-refractivity contribution in [3.63, 3.8) is 0 Å². The van der Waals surface area contributed by atoms with Gasteiger partial charge in [-0.05, 0) is 52.7 Å². The predicted octanol–water partition coefficient (Wildman–Crippen LogP) is 4.20. The van der Waals surface area contributed by atoms with Crippen LogP contribution in [0.25, 0.3) is 0 Å². The second kappa shape index (κ2) is 7.66. The summed E-state index contributed by atoms with van der Waals surface area (Å²) in [6.45, 7) is 14.0. The Bertz CT molecular complexity index is 677. The maximum Gasteiger partial charge on any atom is 0.193 e. The Labute approximate surface area is 151 Å². The van der Waals surface area contributed by atoms with Crippen LogP contribution >= 0.6 is 0 Å². The van der Waals surface area contributed by atoms with Crippen molar-refractivity contribution >= 4 is 8.32 Å². The van der Waals surface area contributed by atoms with Crippen molar-refractivity contribution in [3.8, 4) is 5.75 Å². The van der Waals surface area contributed by atoms with Crippen LogP contribution in [-0.2, 0) is 11.0 Å². The van der Waals surface area contributed by atoms with Crippen LogP contribution in [-0.4, -0.2) is 35.6 Å². The van der Waals surface area contributed by atoms with Crippen molar-refractivity contribution in [1.29, 1.82) is 0 Å². The smallest absolute Gasteiger partial charge is 0.193 e. The Morgan fingerprint density at radius 2 is 1.80 bits per heavy atom. The Hall–Kier alpha value is -1.73. The van der Waals surface area contributed by atoms with Crippen LogP contribution in [0, 0.1) is 0 Å². The standard InChI is InChI=1S/C18H30N4O2Si/c1-8-16(24-25(6,7)18(2,3)4)17-19-20-21-22(17)13-14-9-11-15(23-5)12-10-14/h9-12,16H,8,13H2,1-7H3. The average molecular weight is 363 g/mol. The molecule has 0 aliphatic carbocycles. The van der Waals surface area contributed by atoms with Crippen molar-refractivity contribution in [2.24, 2.45) is 0 Å². The van der Waals surface area contributed by atoms with Gasteiger partial charge in [-0.1, -0.05) is 39.8 Å². The number of aromatic nitrogens is 4. The third-order valence-electron chi connectivity index (χ3n) is 4.95. The molecule has 0 amide bonds. The van der Waals surface area contributed by atoms with E-state index in [-0.39, 0.29) is 11.1 Å². The zero-order valence-corrected chi connectivity index (χ0v) is 17.4. The normalized spacial score (nSPS) is 13.7. The van der Waals surface area contributed by atoms with E-state index in [1.807, 2.05) is 28.9 Å². The molecule has 0 saturated heterocycles. The van der Waals surface area contributed by atoms with Crippen LogP contribution in [0.4, 0.5) is 0 Å². The summed E-state index contributed by atoms with van der Waals surface area (Å²) in [5, 5.41) is 12.5. The fourth-order valence-corrected chi connectivity index (χ4v) is 3.65. The van der Waals surface area contributed by atoms with Gasteiger partial charge in [-0.15, -0.1) is 5.10 Å². The SMILES string of the molecule is CCC(O[Si](C)(C)C(C)(C)C)c1nnnn1Cc1ccc(OC)cc1. The fourth-order valence-electron chi connectivity index (χ4n) is 2.31. The third-order valence-corrected chi connectivity index (χ3v) is 9.44. The molecule has 1 aromatic heterocycles. The van der Waals surface area contributed by atoms with E-state index in [0.717, 1.165) is 23.6 Å². The van der Waals surface area contributed by atoms with Crippen molar-refractivity contribution in [2.45, 2.75) is 64.9 Å². The second-order valence-corrected chi connectivity index (χ2v) is 12.6. The molecule has 2 aromatic rings. The van der Waals surface area contributed by atoms with E-state index in [2.05, 4.69) is 56.3 Å². The van der Waals surface area contributed by atoms with E-state index >= 15 is 0 Å². The molecule has 0 N–H and O–H groups in total. The van der Waals surface area contributed by atoms with E-state index < -0.39 is 8.32 Å². The molecule has 0 saturated carbocycles. The highest BCUT2D eigenvalue weighted by atomic mass is 28.4. The molecule has 0 spiro atoms. The van der Waals surface area contributed by atoms with Crippen molar-refractivity contribution in [1.82, 2.24) is 20.2 Å². The van der Waals surface area contributed by atoms with E-state index in [4.69, 9.17) is 9.16 Å². The highest BCUT2D eigenvalue weighted by molar-refractivity contribution is 6.74. The number of benzene rings is 1. The van der Waals surface area contributed by atoms with Crippen LogP contribution in [0.1, 0.15) is 51.6 Å². The molecule has 6 nitrogen and oxygen atoms in total. The summed E-state index contributed by atoms with van der Waals surface area (Å²) in [6, 6.07) is 7.95. The summed E-state index contributed by atoms with van der Waals surface area (Å²) in [4.78, 5) is 0. The monoisotopic (exact) mass is 362 g/mol. The molecule has 0 bridgehead atoms. The first-order valence-corrected chi connectivity index (χ1v) is 11.7. The molecule has 1 heterocycles. The predicted molar refractivity (Wildman–Crippen MR) is 101 cm³/mol. The van der Waals surface area contributed by atoms with Crippen LogP contribution in [0.15, 0.2) is 24.3 Å². The first kappa shape index (κ1) is 19.6. The Balaban J connectivity index is 2.20. The molecule has 7 heteroatoms. The van der Waals surface area contributed by atoms with Crippen molar-refractivity contribution in [2.75, 3.05) is 7.11 Å². The van der Waals surface area contributed by atoms with Gasteiger partial charge in [0.15, 0.2) is 14.1 Å². The maximum absolute atomic E-state index is 6.57. The maximum atomic E-state index is 6.57. The van der Waals surface area contributed by atoms with Crippen LogP contribution in [0.5, 0.6) is 5.75 Å². The van der Waals surface area contributed by atoms with Gasteiger partial charge in [0.05, 0.1) is 13.7 Å². The zero-order chi connectivity index (χ0) is 18.7. The summed E-state index contributed by atoms with van der Waals surface area (Å²) < 4.78 is 13.6. The number of tetrazole rings is 1. The van der Waals surface area contributed by atoms with Crippen LogP contribution in [0.3, 0.4) is 0 Å². The van der Waals surface area contributed by atoms with Gasteiger partial charge in [-0.2, -0.15) is 0 Å². The quantitative estimate of drug-likeness (QED) is 0.691. The molecule has 0 radical (unpaired) electrons. The minimum absolute atomic E-state index is 0.0888. The van der Waals surface area contributed by atoms with Crippen LogP contribution < -0.4 is 4.74 Å². The van der Waals surface area contributed by atoms with Gasteiger partial charge < -0.3 is 9.16 Å². The van der Waals surface area contributed by atoms with E-state index in [9.17, 15) is 0 Å². The van der Waals surface area contributed by atoms with Gasteiger partial charge in [0, 0.05) is 0 Å². The summed E-state index contributed by atoms with van der Waals surface area (Å²) in [5.41, 5.74) is 1.12. The molecule has 0 aliphatic heterocycles. The van der Waals surface area contributed by atoms with Crippen LogP contribution in [0.2, 0.25) is 18.1 Å². The number of hydrogen-bond donors (Lipinski definition) is 0. The molecule has 0 fully saturated rings. The molecular weight excluding hydrogens is 332 g/mol. The van der Waals surface area contributed by atoms with Gasteiger partial charge >= 0.3 is 0 Å². The molecule has 1 atom stereocenters. The number of hydrogen-bond acceptors (Lipinski definition) is 5. The lowest BCUT2D eigenvalue weighted by Gasteiger charge is -2.38. The minimum atomic E-state index is -1.90. The van der Waals surface area contributed by atoms with Gasteiger partial charge in [0.1, 0.15) is 11.9 Å². The first-order valence-electron chi connectivity index (χ1n) is 8.74. The molecule has 0 aliphatic rings. The lowest BCUT2D eigenvalue weighted by atomic mass is 10.2. The van der Waals surface area contributed by atoms with E-state index in [0.29, 0.717) is 6.54 Å². The lowest BCUT2D eigenvalue weighted by Crippen LogP contribution is -2.42. The Kier molecular flexibility index (Phi) is 6.00. The van der Waals surface area contributed by atoms with Gasteiger partial charge in [0.2, 0.25) is 0 Å². The molecule has 25 heavy (non-hydrogen) atoms. The van der Waals surface area contributed by atoms with E-state index in [1.54, 1.807) is 7.11 Å². The first-order chi connectivity index (χ1) is 11.7. The van der Waals surface area contributed by atoms with Gasteiger partial charge in [-0.25, -0.2) is 4.68 Å². The summed E-state index contributed by atoms with van der Waals surface area (Å²) >= 11 is 0. The third kappa shape index (κ3) is 4.67. The summed E-state index contributed by atoms with van der Waals surface area (Å²) in [6.07, 6.45) is 0.754. The molecule has 2 rings (SSSR count). The fraction of sp³-hybridized carbons (Fsp3) is 0.611. The minimum Gasteiger partial charge on any atom is -0.497 e. The molecule has 1 unspecified atom stereocenters. The topological polar surface area (TPSA) is 62.1 Å². The molecule has 138 valence electrons. The summed E-state index contributed by atoms with van der Waals surface area (Å²) in [7, 11) is -0.233. The van der Waals surface area contributed by atoms with Crippen molar-refractivity contribution < 1.29 is 9.16 Å². The van der Waals surface area contributed by atoms with Gasteiger partial charge in [0.25, 0.3) is 0 Å². The number of nitrogens with zero attached hydrogens (tertiary/aromatic N) is 4. The van der Waals surface area contributed by atoms with E-state index in [1.165, 1.54) is 0 Å². The van der Waals surface area contributed by atoms with Gasteiger partial charge in [-0.3, -0.25) is 0 Å². The number of ether oxygens (including phenoxy) is 1. The molecule has 1 aromatic carbocycles. The summed E-state index contributed by atoms with van der Waals surface area (Å²) in [5.74, 6) is 1.64. The highest BCUT2D eigenvalue weighted by Gasteiger charge is 2.40. The number of rotatable bonds is 7. The lowest BCUT2D eigenvalue weighted by molar-refractivity contribution is 0.164. The Morgan fingerprint density at radius 1 is 1.16 bits per heavy atom. The average Bonchev–Trinajstić information content (AvgIpc) is 3.00. The second-order valence-electron chi connectivity index (χ2n) is 7.82. The largest absolute Gasteiger partial charge is 0.497 e. The highest BCUT2D eigenvalue weighted by Crippen LogP contribution is 2.40. The molecular formula is C18H30N4O2Si.